The van der Waals surface area contributed by atoms with Crippen LogP contribution < -0.4 is 31.4 Å². The number of hydrogen-bond donors (Lipinski definition) is 3. The van der Waals surface area contributed by atoms with Gasteiger partial charge in [-0.2, -0.15) is 0 Å². The molecule has 2 rings (SSSR count). The van der Waals surface area contributed by atoms with Gasteiger partial charge in [-0.3, -0.25) is 13.9 Å². The molecule has 1 aromatic heterocycles. The standard InChI is InChI=1S/C21H32N4O5/c1-4-5-12-29-17-6-8-18(9-7-17)30-15-16(26)14-22-10-11-23-19-13-20(27)25(3)21(28)24(19)2/h6-9,13,16,22-23,26H,4-5,10-12,14-15H2,1-3H3/t16-/m0/s1. The lowest BCUT2D eigenvalue weighted by molar-refractivity contribution is 0.107. The number of rotatable bonds is 13. The van der Waals surface area contributed by atoms with Crippen molar-refractivity contribution in [3.05, 3.63) is 51.2 Å². The first-order valence-electron chi connectivity index (χ1n) is 10.2. The van der Waals surface area contributed by atoms with Gasteiger partial charge < -0.3 is 25.2 Å². The molecule has 0 radical (unpaired) electrons. The molecule has 0 spiro atoms. The zero-order valence-corrected chi connectivity index (χ0v) is 17.9. The first-order valence-corrected chi connectivity index (χ1v) is 10.2. The number of aliphatic hydroxyl groups is 1. The highest BCUT2D eigenvalue weighted by atomic mass is 16.5. The summed E-state index contributed by atoms with van der Waals surface area (Å²) in [6.07, 6.45) is 1.45. The minimum Gasteiger partial charge on any atom is -0.494 e. The fraction of sp³-hybridized carbons (Fsp3) is 0.524. The van der Waals surface area contributed by atoms with Crippen molar-refractivity contribution in [1.82, 2.24) is 14.5 Å². The lowest BCUT2D eigenvalue weighted by Crippen LogP contribution is -2.38. The normalized spacial score (nSPS) is 11.9. The molecule has 2 aromatic rings. The van der Waals surface area contributed by atoms with Crippen molar-refractivity contribution in [1.29, 1.82) is 0 Å². The second-order valence-corrected chi connectivity index (χ2v) is 7.04. The Balaban J connectivity index is 1.64. The van der Waals surface area contributed by atoms with Gasteiger partial charge in [0, 0.05) is 39.8 Å². The molecule has 0 aliphatic carbocycles. The fourth-order valence-corrected chi connectivity index (χ4v) is 2.67. The zero-order chi connectivity index (χ0) is 21.9. The molecule has 1 aromatic carbocycles. The van der Waals surface area contributed by atoms with Crippen molar-refractivity contribution >= 4 is 5.82 Å². The van der Waals surface area contributed by atoms with Crippen molar-refractivity contribution in [3.8, 4) is 11.5 Å². The SMILES string of the molecule is CCCCOc1ccc(OC[C@@H](O)CNCCNc2cc(=O)n(C)c(=O)n2C)cc1. The van der Waals surface area contributed by atoms with Crippen LogP contribution in [-0.4, -0.2) is 53.2 Å². The Kier molecular flexibility index (Phi) is 9.43. The van der Waals surface area contributed by atoms with E-state index in [1.54, 1.807) is 7.05 Å². The number of aliphatic hydroxyl groups excluding tert-OH is 1. The van der Waals surface area contributed by atoms with Crippen molar-refractivity contribution in [2.24, 2.45) is 14.1 Å². The maximum Gasteiger partial charge on any atom is 0.332 e. The zero-order valence-electron chi connectivity index (χ0n) is 17.9. The highest BCUT2D eigenvalue weighted by Gasteiger charge is 2.07. The van der Waals surface area contributed by atoms with Crippen LogP contribution in [0.3, 0.4) is 0 Å². The van der Waals surface area contributed by atoms with Crippen LogP contribution in [0.25, 0.3) is 0 Å². The lowest BCUT2D eigenvalue weighted by atomic mass is 10.3. The Hall–Kier alpha value is -2.78. The molecule has 0 fully saturated rings. The molecule has 0 bridgehead atoms. The molecule has 1 heterocycles. The second kappa shape index (κ2) is 12.0. The van der Waals surface area contributed by atoms with Gasteiger partial charge in [0.05, 0.1) is 6.61 Å². The van der Waals surface area contributed by atoms with E-state index in [9.17, 15) is 14.7 Å². The molecule has 30 heavy (non-hydrogen) atoms. The molecule has 3 N–H and O–H groups in total. The molecule has 9 nitrogen and oxygen atoms in total. The van der Waals surface area contributed by atoms with Crippen molar-refractivity contribution in [3.63, 3.8) is 0 Å². The van der Waals surface area contributed by atoms with E-state index in [1.807, 2.05) is 24.3 Å². The number of nitrogens with one attached hydrogen (secondary N) is 2. The summed E-state index contributed by atoms with van der Waals surface area (Å²) >= 11 is 0. The van der Waals surface area contributed by atoms with Gasteiger partial charge in [-0.25, -0.2) is 4.79 Å². The van der Waals surface area contributed by atoms with Gasteiger partial charge in [0.2, 0.25) is 0 Å². The number of aromatic nitrogens is 2. The molecule has 0 saturated heterocycles. The Morgan fingerprint density at radius 3 is 2.37 bits per heavy atom. The Morgan fingerprint density at radius 1 is 1.03 bits per heavy atom. The maximum atomic E-state index is 11.9. The van der Waals surface area contributed by atoms with Crippen LogP contribution in [0.1, 0.15) is 19.8 Å². The van der Waals surface area contributed by atoms with Crippen LogP contribution in [0.4, 0.5) is 5.82 Å². The Labute approximate surface area is 176 Å². The summed E-state index contributed by atoms with van der Waals surface area (Å²) < 4.78 is 13.6. The van der Waals surface area contributed by atoms with Gasteiger partial charge in [0.15, 0.2) is 0 Å². The summed E-state index contributed by atoms with van der Waals surface area (Å²) in [5.41, 5.74) is -0.743. The summed E-state index contributed by atoms with van der Waals surface area (Å²) in [6, 6.07) is 8.72. The van der Waals surface area contributed by atoms with Crippen molar-refractivity contribution in [2.75, 3.05) is 38.2 Å². The van der Waals surface area contributed by atoms with Crippen molar-refractivity contribution in [2.45, 2.75) is 25.9 Å². The summed E-state index contributed by atoms with van der Waals surface area (Å²) in [4.78, 5) is 23.6. The number of unbranched alkanes of at least 4 members (excludes halogenated alkanes) is 1. The van der Waals surface area contributed by atoms with Gasteiger partial charge in [-0.05, 0) is 30.7 Å². The molecule has 1 atom stereocenters. The van der Waals surface area contributed by atoms with Crippen LogP contribution in [0.2, 0.25) is 0 Å². The van der Waals surface area contributed by atoms with Crippen LogP contribution in [-0.2, 0) is 14.1 Å². The monoisotopic (exact) mass is 420 g/mol. The highest BCUT2D eigenvalue weighted by Crippen LogP contribution is 2.18. The van der Waals surface area contributed by atoms with Crippen LogP contribution in [0.15, 0.2) is 39.9 Å². The average Bonchev–Trinajstić information content (AvgIpc) is 2.75. The topological polar surface area (TPSA) is 107 Å². The van der Waals surface area contributed by atoms with E-state index in [-0.39, 0.29) is 17.9 Å². The number of benzene rings is 1. The minimum atomic E-state index is -0.668. The molecule has 0 aliphatic heterocycles. The molecule has 0 aliphatic rings. The lowest BCUT2D eigenvalue weighted by Gasteiger charge is -2.15. The van der Waals surface area contributed by atoms with E-state index in [1.165, 1.54) is 17.7 Å². The Morgan fingerprint density at radius 2 is 1.70 bits per heavy atom. The maximum absolute atomic E-state index is 11.9. The first kappa shape index (κ1) is 23.5. The van der Waals surface area contributed by atoms with Gasteiger partial charge in [-0.15, -0.1) is 0 Å². The van der Waals surface area contributed by atoms with Gasteiger partial charge >= 0.3 is 5.69 Å². The number of ether oxygens (including phenoxy) is 2. The third kappa shape index (κ3) is 7.23. The van der Waals surface area contributed by atoms with E-state index >= 15 is 0 Å². The van der Waals surface area contributed by atoms with Gasteiger partial charge in [0.1, 0.15) is 30.0 Å². The van der Waals surface area contributed by atoms with E-state index in [2.05, 4.69) is 17.6 Å². The third-order valence-corrected chi connectivity index (χ3v) is 4.55. The Bertz CT molecular complexity index is 892. The summed E-state index contributed by atoms with van der Waals surface area (Å²) in [6.45, 7) is 4.38. The fourth-order valence-electron chi connectivity index (χ4n) is 2.67. The molecular formula is C21H32N4O5. The number of nitrogens with zero attached hydrogens (tertiary/aromatic N) is 2. The smallest absolute Gasteiger partial charge is 0.332 e. The average molecular weight is 421 g/mol. The third-order valence-electron chi connectivity index (χ3n) is 4.55. The second-order valence-electron chi connectivity index (χ2n) is 7.04. The van der Waals surface area contributed by atoms with E-state index in [4.69, 9.17) is 9.47 Å². The van der Waals surface area contributed by atoms with Gasteiger partial charge in [0.25, 0.3) is 5.56 Å². The molecule has 0 unspecified atom stereocenters. The van der Waals surface area contributed by atoms with Crippen LogP contribution in [0, 0.1) is 0 Å². The molecular weight excluding hydrogens is 388 g/mol. The highest BCUT2D eigenvalue weighted by molar-refractivity contribution is 5.33. The van der Waals surface area contributed by atoms with Crippen LogP contribution >= 0.6 is 0 Å². The summed E-state index contributed by atoms with van der Waals surface area (Å²) in [5, 5.41) is 16.2. The molecule has 166 valence electrons. The molecule has 0 amide bonds. The van der Waals surface area contributed by atoms with Crippen LogP contribution in [0.5, 0.6) is 11.5 Å². The van der Waals surface area contributed by atoms with E-state index in [0.717, 1.165) is 23.2 Å². The summed E-state index contributed by atoms with van der Waals surface area (Å²) in [7, 11) is 3.04. The molecule has 0 saturated carbocycles. The van der Waals surface area contributed by atoms with Crippen molar-refractivity contribution < 1.29 is 14.6 Å². The minimum absolute atomic E-state index is 0.166. The summed E-state index contributed by atoms with van der Waals surface area (Å²) in [5.74, 6) is 1.93. The predicted molar refractivity (Wildman–Crippen MR) is 117 cm³/mol. The first-order chi connectivity index (χ1) is 14.4. The van der Waals surface area contributed by atoms with E-state index < -0.39 is 6.10 Å². The number of hydrogen-bond acceptors (Lipinski definition) is 7. The van der Waals surface area contributed by atoms with E-state index in [0.29, 0.717) is 37.8 Å². The predicted octanol–water partition coefficient (Wildman–Crippen LogP) is 0.704. The van der Waals surface area contributed by atoms with Gasteiger partial charge in [-0.1, -0.05) is 13.3 Å². The largest absolute Gasteiger partial charge is 0.494 e. The molecule has 9 heteroatoms. The number of anilines is 1. The quantitative estimate of drug-likeness (QED) is 0.410.